The lowest BCUT2D eigenvalue weighted by Crippen LogP contribution is -2.28. The largest absolute Gasteiger partial charge is 0.504 e. The first-order chi connectivity index (χ1) is 10.5. The van der Waals surface area contributed by atoms with Crippen molar-refractivity contribution in [2.45, 2.75) is 26.8 Å². The van der Waals surface area contributed by atoms with Gasteiger partial charge in [0.1, 0.15) is 6.04 Å². The van der Waals surface area contributed by atoms with Gasteiger partial charge in [-0.3, -0.25) is 4.79 Å². The van der Waals surface area contributed by atoms with E-state index in [0.717, 1.165) is 16.4 Å². The number of phenolic OH excluding ortho intramolecular Hbond substituents is 1. The average Bonchev–Trinajstić information content (AvgIpc) is 2.48. The van der Waals surface area contributed by atoms with E-state index >= 15 is 0 Å². The van der Waals surface area contributed by atoms with Crippen LogP contribution in [0.5, 0.6) is 11.5 Å². The Balaban J connectivity index is 2.51. The highest BCUT2D eigenvalue weighted by molar-refractivity contribution is 8.13. The van der Waals surface area contributed by atoms with Crippen molar-refractivity contribution < 1.29 is 14.6 Å². The predicted octanol–water partition coefficient (Wildman–Crippen LogP) is 3.02. The van der Waals surface area contributed by atoms with Crippen molar-refractivity contribution in [2.24, 2.45) is 4.99 Å². The summed E-state index contributed by atoms with van der Waals surface area (Å²) in [6.45, 7) is 5.72. The molecule has 1 aliphatic rings. The summed E-state index contributed by atoms with van der Waals surface area (Å²) in [7, 11) is 0. The van der Waals surface area contributed by atoms with Crippen molar-refractivity contribution >= 4 is 22.7 Å². The minimum Gasteiger partial charge on any atom is -0.504 e. The van der Waals surface area contributed by atoms with Gasteiger partial charge >= 0.3 is 0 Å². The van der Waals surface area contributed by atoms with Crippen molar-refractivity contribution in [3.05, 3.63) is 35.0 Å². The van der Waals surface area contributed by atoms with Crippen LogP contribution in [0, 0.1) is 0 Å². The number of thioether (sulfide) groups is 1. The summed E-state index contributed by atoms with van der Waals surface area (Å²) < 4.78 is 5.42. The molecule has 1 heterocycles. The number of hydrogen-bond donors (Lipinski definition) is 2. The molecule has 118 valence electrons. The van der Waals surface area contributed by atoms with Crippen LogP contribution in [-0.4, -0.2) is 28.9 Å². The molecule has 0 aromatic heterocycles. The number of hydrogen-bond acceptors (Lipinski definition) is 6. The standard InChI is InChI=1S/C16H20N2O3S/c1-5-21-13-8-11(6-7-12(13)20)15-14(10(3)19)9(2)17-16(18-15)22-4/h6-8,15,20H,5H2,1-4H3,(H,17,18)/t15-/m0/s1. The molecule has 0 unspecified atom stereocenters. The molecule has 1 atom stereocenters. The molecule has 2 rings (SSSR count). The number of nitrogens with zero attached hydrogens (tertiary/aromatic N) is 1. The van der Waals surface area contributed by atoms with E-state index in [1.54, 1.807) is 18.2 Å². The van der Waals surface area contributed by atoms with Crippen LogP contribution in [0.1, 0.15) is 32.4 Å². The Kier molecular flexibility index (Phi) is 5.13. The molecule has 0 aliphatic carbocycles. The van der Waals surface area contributed by atoms with Crippen molar-refractivity contribution in [1.29, 1.82) is 0 Å². The molecule has 1 aromatic carbocycles. The third-order valence-electron chi connectivity index (χ3n) is 3.39. The second-order valence-corrected chi connectivity index (χ2v) is 5.72. The van der Waals surface area contributed by atoms with Crippen molar-refractivity contribution in [3.8, 4) is 11.5 Å². The zero-order valence-electron chi connectivity index (χ0n) is 13.1. The van der Waals surface area contributed by atoms with Crippen molar-refractivity contribution in [3.63, 3.8) is 0 Å². The van der Waals surface area contributed by atoms with Gasteiger partial charge in [-0.2, -0.15) is 0 Å². The Morgan fingerprint density at radius 1 is 1.50 bits per heavy atom. The molecule has 2 N–H and O–H groups in total. The molecule has 0 bridgehead atoms. The molecule has 0 saturated carbocycles. The number of aromatic hydroxyl groups is 1. The number of phenols is 1. The van der Waals surface area contributed by atoms with Gasteiger partial charge in [-0.15, -0.1) is 0 Å². The lowest BCUT2D eigenvalue weighted by atomic mass is 9.94. The van der Waals surface area contributed by atoms with Crippen LogP contribution in [0.15, 0.2) is 34.5 Å². The van der Waals surface area contributed by atoms with Crippen LogP contribution in [0.3, 0.4) is 0 Å². The maximum absolute atomic E-state index is 12.0. The van der Waals surface area contributed by atoms with Crippen LogP contribution >= 0.6 is 11.8 Å². The summed E-state index contributed by atoms with van der Waals surface area (Å²) >= 11 is 1.49. The second kappa shape index (κ2) is 6.87. The predicted molar refractivity (Wildman–Crippen MR) is 89.5 cm³/mol. The van der Waals surface area contributed by atoms with Crippen molar-refractivity contribution in [2.75, 3.05) is 12.9 Å². The maximum atomic E-state index is 12.0. The van der Waals surface area contributed by atoms with Crippen LogP contribution in [-0.2, 0) is 4.79 Å². The zero-order chi connectivity index (χ0) is 16.3. The first-order valence-electron chi connectivity index (χ1n) is 7.04. The van der Waals surface area contributed by atoms with Gasteiger partial charge in [0.25, 0.3) is 0 Å². The molecular weight excluding hydrogens is 300 g/mol. The van der Waals surface area contributed by atoms with Crippen molar-refractivity contribution in [1.82, 2.24) is 5.32 Å². The molecule has 0 saturated heterocycles. The number of rotatable bonds is 4. The number of nitrogens with one attached hydrogen (secondary N) is 1. The first-order valence-corrected chi connectivity index (χ1v) is 8.26. The third-order valence-corrected chi connectivity index (χ3v) is 3.98. The molecule has 0 fully saturated rings. The number of ether oxygens (including phenoxy) is 1. The molecule has 0 amide bonds. The third kappa shape index (κ3) is 3.27. The summed E-state index contributed by atoms with van der Waals surface area (Å²) in [6, 6.07) is 4.70. The Hall–Kier alpha value is -1.95. The topological polar surface area (TPSA) is 70.9 Å². The minimum atomic E-state index is -0.388. The monoisotopic (exact) mass is 320 g/mol. The Morgan fingerprint density at radius 2 is 2.23 bits per heavy atom. The number of carbonyl (C=O) groups is 1. The number of Topliss-reactive ketones (excluding diaryl/α,β-unsaturated/α-hetero) is 1. The van der Waals surface area contributed by atoms with Gasteiger partial charge < -0.3 is 15.2 Å². The number of carbonyl (C=O) groups excluding carboxylic acids is 1. The smallest absolute Gasteiger partial charge is 0.161 e. The van der Waals surface area contributed by atoms with E-state index in [0.29, 0.717) is 17.9 Å². The first kappa shape index (κ1) is 16.4. The summed E-state index contributed by atoms with van der Waals surface area (Å²) in [4.78, 5) is 16.6. The highest BCUT2D eigenvalue weighted by Gasteiger charge is 2.27. The van der Waals surface area contributed by atoms with Gasteiger partial charge in [-0.25, -0.2) is 4.99 Å². The molecule has 1 aromatic rings. The van der Waals surface area contributed by atoms with Gasteiger partial charge in [-0.05, 0) is 44.7 Å². The van der Waals surface area contributed by atoms with Gasteiger partial charge in [0.2, 0.25) is 0 Å². The fourth-order valence-electron chi connectivity index (χ4n) is 2.42. The normalized spacial score (nSPS) is 17.8. The lowest BCUT2D eigenvalue weighted by molar-refractivity contribution is -0.113. The van der Waals surface area contributed by atoms with Crippen LogP contribution in [0.4, 0.5) is 0 Å². The minimum absolute atomic E-state index is 0.0232. The quantitative estimate of drug-likeness (QED) is 0.892. The summed E-state index contributed by atoms with van der Waals surface area (Å²) in [5.41, 5.74) is 2.26. The van der Waals surface area contributed by atoms with E-state index in [4.69, 9.17) is 4.74 Å². The number of amidine groups is 1. The maximum Gasteiger partial charge on any atom is 0.161 e. The van der Waals surface area contributed by atoms with Crippen LogP contribution in [0.25, 0.3) is 0 Å². The zero-order valence-corrected chi connectivity index (χ0v) is 14.0. The Bertz CT molecular complexity index is 653. The molecule has 0 spiro atoms. The summed E-state index contributed by atoms with van der Waals surface area (Å²) in [5, 5.41) is 13.7. The molecular formula is C16H20N2O3S. The van der Waals surface area contributed by atoms with Gasteiger partial charge in [-0.1, -0.05) is 17.8 Å². The van der Waals surface area contributed by atoms with E-state index in [-0.39, 0.29) is 17.6 Å². The van der Waals surface area contributed by atoms with Gasteiger partial charge in [0.15, 0.2) is 22.4 Å². The highest BCUT2D eigenvalue weighted by atomic mass is 32.2. The molecule has 6 heteroatoms. The van der Waals surface area contributed by atoms with Gasteiger partial charge in [0, 0.05) is 11.3 Å². The van der Waals surface area contributed by atoms with E-state index in [2.05, 4.69) is 10.3 Å². The molecule has 1 aliphatic heterocycles. The summed E-state index contributed by atoms with van der Waals surface area (Å²) in [6.07, 6.45) is 1.93. The lowest BCUT2D eigenvalue weighted by Gasteiger charge is -2.25. The molecule has 22 heavy (non-hydrogen) atoms. The van der Waals surface area contributed by atoms with Crippen LogP contribution < -0.4 is 10.1 Å². The number of allylic oxidation sites excluding steroid dienone is 1. The second-order valence-electron chi connectivity index (χ2n) is 4.92. The fourth-order valence-corrected chi connectivity index (χ4v) is 2.89. The Labute approximate surface area is 134 Å². The van der Waals surface area contributed by atoms with E-state index in [9.17, 15) is 9.90 Å². The number of ketones is 1. The van der Waals surface area contributed by atoms with E-state index in [1.165, 1.54) is 18.7 Å². The average molecular weight is 320 g/mol. The molecule has 0 radical (unpaired) electrons. The van der Waals surface area contributed by atoms with E-state index < -0.39 is 0 Å². The van der Waals surface area contributed by atoms with Gasteiger partial charge in [0.05, 0.1) is 6.61 Å². The Morgan fingerprint density at radius 3 is 2.82 bits per heavy atom. The molecule has 5 nitrogen and oxygen atoms in total. The SMILES string of the molecule is CCOc1cc([C@@H]2N=C(SC)NC(C)=C2C(C)=O)ccc1O. The highest BCUT2D eigenvalue weighted by Crippen LogP contribution is 2.36. The number of benzene rings is 1. The summed E-state index contributed by atoms with van der Waals surface area (Å²) in [5.74, 6) is 0.462. The van der Waals surface area contributed by atoms with Crippen LogP contribution in [0.2, 0.25) is 0 Å². The van der Waals surface area contributed by atoms with E-state index in [1.807, 2.05) is 20.1 Å². The fraction of sp³-hybridized carbons (Fsp3) is 0.375. The number of aliphatic imine (C=N–C) groups is 1.